The molecule has 0 radical (unpaired) electrons. The molecule has 1 aliphatic heterocycles. The van der Waals surface area contributed by atoms with Crippen LogP contribution >= 0.6 is 0 Å². The zero-order valence-electron chi connectivity index (χ0n) is 21.2. The third kappa shape index (κ3) is 15.3. The highest BCUT2D eigenvalue weighted by Crippen LogP contribution is 2.30. The Hall–Kier alpha value is -1.59. The van der Waals surface area contributed by atoms with Crippen LogP contribution in [0.1, 0.15) is 103 Å². The lowest BCUT2D eigenvalue weighted by molar-refractivity contribution is -0.167. The summed E-state index contributed by atoms with van der Waals surface area (Å²) in [5.41, 5.74) is 1.96. The van der Waals surface area contributed by atoms with Gasteiger partial charge in [0.1, 0.15) is 17.4 Å². The first-order chi connectivity index (χ1) is 15.2. The third-order valence-electron chi connectivity index (χ3n) is 5.17. The molecule has 1 heterocycles. The van der Waals surface area contributed by atoms with Crippen LogP contribution in [0.4, 0.5) is 4.39 Å². The molecule has 0 bridgehead atoms. The number of ketones is 2. The smallest absolute Gasteiger partial charge is 0.168 e. The van der Waals surface area contributed by atoms with Gasteiger partial charge in [0.05, 0.1) is 13.2 Å². The number of hydrogen-bond donors (Lipinski definition) is 0. The minimum atomic E-state index is -0.204. The van der Waals surface area contributed by atoms with Gasteiger partial charge in [0.25, 0.3) is 0 Å². The molecule has 0 aliphatic carbocycles. The van der Waals surface area contributed by atoms with Crippen molar-refractivity contribution in [3.63, 3.8) is 0 Å². The highest BCUT2D eigenvalue weighted by Gasteiger charge is 2.34. The quantitative estimate of drug-likeness (QED) is 0.331. The predicted molar refractivity (Wildman–Crippen MR) is 129 cm³/mol. The highest BCUT2D eigenvalue weighted by atomic mass is 19.1. The number of ether oxygens (including phenoxy) is 2. The number of hydrogen-bond acceptors (Lipinski definition) is 4. The average Bonchev–Trinajstić information content (AvgIpc) is 3.16. The second-order valence-corrected chi connectivity index (χ2v) is 8.57. The van der Waals surface area contributed by atoms with E-state index >= 15 is 0 Å². The van der Waals surface area contributed by atoms with Gasteiger partial charge in [0.2, 0.25) is 0 Å². The van der Waals surface area contributed by atoms with Gasteiger partial charge in [-0.15, -0.1) is 0 Å². The summed E-state index contributed by atoms with van der Waals surface area (Å²) in [6.07, 6.45) is 9.50. The number of rotatable bonds is 11. The number of aryl methyl sites for hydroxylation is 2. The summed E-state index contributed by atoms with van der Waals surface area (Å²) in [4.78, 5) is 21.1. The largest absolute Gasteiger partial charge is 0.348 e. The fraction of sp³-hybridized carbons (Fsp3) is 0.704. The van der Waals surface area contributed by atoms with Crippen LogP contribution in [0.15, 0.2) is 18.2 Å². The van der Waals surface area contributed by atoms with Gasteiger partial charge in [-0.05, 0) is 56.9 Å². The molecule has 0 N–H and O–H groups in total. The lowest BCUT2D eigenvalue weighted by atomic mass is 10.0. The first kappa shape index (κ1) is 30.4. The van der Waals surface area contributed by atoms with E-state index in [1.54, 1.807) is 6.92 Å². The predicted octanol–water partition coefficient (Wildman–Crippen LogP) is 7.28. The molecule has 32 heavy (non-hydrogen) atoms. The van der Waals surface area contributed by atoms with E-state index in [0.717, 1.165) is 50.0 Å². The Balaban J connectivity index is 0.000000460. The molecule has 0 aromatic heterocycles. The van der Waals surface area contributed by atoms with Crippen molar-refractivity contribution in [3.05, 3.63) is 35.1 Å². The van der Waals surface area contributed by atoms with Crippen LogP contribution in [0, 0.1) is 19.7 Å². The number of benzene rings is 1. The van der Waals surface area contributed by atoms with Crippen molar-refractivity contribution in [2.45, 2.75) is 112 Å². The van der Waals surface area contributed by atoms with E-state index in [0.29, 0.717) is 19.3 Å². The fourth-order valence-electron chi connectivity index (χ4n) is 3.57. The lowest BCUT2D eigenvalue weighted by Gasteiger charge is -2.26. The van der Waals surface area contributed by atoms with Gasteiger partial charge in [0, 0.05) is 32.1 Å². The maximum absolute atomic E-state index is 12.4. The van der Waals surface area contributed by atoms with Crippen molar-refractivity contribution in [3.8, 4) is 0 Å². The summed E-state index contributed by atoms with van der Waals surface area (Å²) in [5, 5.41) is 0. The zero-order chi connectivity index (χ0) is 24.4. The maximum Gasteiger partial charge on any atom is 0.168 e. The van der Waals surface area contributed by atoms with Crippen LogP contribution in [-0.2, 0) is 19.1 Å². The minimum Gasteiger partial charge on any atom is -0.348 e. The molecule has 2 rings (SSSR count). The van der Waals surface area contributed by atoms with Gasteiger partial charge < -0.3 is 14.3 Å². The Bertz CT molecular complexity index is 601. The van der Waals surface area contributed by atoms with Crippen molar-refractivity contribution in [2.24, 2.45) is 0 Å². The second-order valence-electron chi connectivity index (χ2n) is 8.57. The Morgan fingerprint density at radius 3 is 1.91 bits per heavy atom. The van der Waals surface area contributed by atoms with Gasteiger partial charge in [-0.3, -0.25) is 4.79 Å². The molecule has 1 saturated heterocycles. The monoisotopic (exact) mass is 452 g/mol. The van der Waals surface area contributed by atoms with Crippen molar-refractivity contribution < 1.29 is 23.5 Å². The van der Waals surface area contributed by atoms with Crippen LogP contribution in [0.2, 0.25) is 0 Å². The van der Waals surface area contributed by atoms with E-state index < -0.39 is 0 Å². The first-order valence-corrected chi connectivity index (χ1v) is 12.2. The van der Waals surface area contributed by atoms with Crippen molar-refractivity contribution in [1.82, 2.24) is 0 Å². The topological polar surface area (TPSA) is 52.6 Å². The number of unbranched alkanes of at least 4 members (excludes halogenated alkanes) is 2. The summed E-state index contributed by atoms with van der Waals surface area (Å²) >= 11 is 0. The summed E-state index contributed by atoms with van der Waals surface area (Å²) in [6, 6.07) is 4.99. The molecule has 0 saturated carbocycles. The molecule has 1 aromatic rings. The van der Waals surface area contributed by atoms with Gasteiger partial charge in [-0.25, -0.2) is 4.39 Å². The van der Waals surface area contributed by atoms with E-state index in [9.17, 15) is 14.0 Å². The van der Waals surface area contributed by atoms with E-state index in [2.05, 4.69) is 13.8 Å². The van der Waals surface area contributed by atoms with Crippen LogP contribution in [-0.4, -0.2) is 30.6 Å². The van der Waals surface area contributed by atoms with Gasteiger partial charge >= 0.3 is 0 Å². The second kappa shape index (κ2) is 17.9. The molecule has 0 amide bonds. The first-order valence-electron chi connectivity index (χ1n) is 12.2. The molecule has 1 aliphatic rings. The molecular formula is C27H45FO4. The Morgan fingerprint density at radius 1 is 0.875 bits per heavy atom. The fourth-order valence-corrected chi connectivity index (χ4v) is 3.57. The number of Topliss-reactive ketones (excluding diaryl/α,β-unsaturated/α-hetero) is 2. The Kier molecular flexibility index (Phi) is 17.0. The Morgan fingerprint density at radius 2 is 1.47 bits per heavy atom. The van der Waals surface area contributed by atoms with Crippen LogP contribution < -0.4 is 0 Å². The van der Waals surface area contributed by atoms with Crippen molar-refractivity contribution in [1.29, 1.82) is 0 Å². The van der Waals surface area contributed by atoms with Crippen LogP contribution in [0.5, 0.6) is 0 Å². The number of carbonyl (C=O) groups excluding carboxylic acids is 2. The molecule has 184 valence electrons. The number of halogens is 1. The highest BCUT2D eigenvalue weighted by molar-refractivity contribution is 5.79. The molecule has 1 aromatic carbocycles. The zero-order valence-corrected chi connectivity index (χ0v) is 21.2. The normalized spacial score (nSPS) is 14.1. The summed E-state index contributed by atoms with van der Waals surface area (Å²) < 4.78 is 23.8. The van der Waals surface area contributed by atoms with Crippen molar-refractivity contribution in [2.75, 3.05) is 13.2 Å². The molecule has 5 heteroatoms. The van der Waals surface area contributed by atoms with Crippen molar-refractivity contribution >= 4 is 11.6 Å². The molecule has 0 atom stereocenters. The minimum absolute atomic E-state index is 0.146. The number of carbonyl (C=O) groups is 2. The molecule has 4 nitrogen and oxygen atoms in total. The van der Waals surface area contributed by atoms with E-state index in [1.165, 1.54) is 31.4 Å². The van der Waals surface area contributed by atoms with Crippen LogP contribution in [0.3, 0.4) is 0 Å². The molecular weight excluding hydrogens is 407 g/mol. The molecule has 0 unspecified atom stereocenters. The summed E-state index contributed by atoms with van der Waals surface area (Å²) in [5.74, 6) is 0.0712. The third-order valence-corrected chi connectivity index (χ3v) is 5.17. The standard InChI is InChI=1S/C11H22O2.C8H9F.C8H14O2/c1-3-5-6-8-11(7-4-2)12-9-10-13-11;1-6-3-7(2)5-8(9)4-6;1-3-8(10)6-4-5-7(2)9/h3-10H2,1-2H3;3-5H,1-2H3;3-6H2,1-2H3. The van der Waals surface area contributed by atoms with Crippen LogP contribution in [0.25, 0.3) is 0 Å². The molecule has 1 fully saturated rings. The summed E-state index contributed by atoms with van der Waals surface area (Å²) in [6.45, 7) is 13.1. The van der Waals surface area contributed by atoms with Gasteiger partial charge in [-0.2, -0.15) is 0 Å². The average molecular weight is 453 g/mol. The van der Waals surface area contributed by atoms with Gasteiger partial charge in [-0.1, -0.05) is 46.1 Å². The Labute approximate surface area is 195 Å². The maximum atomic E-state index is 12.4. The summed E-state index contributed by atoms with van der Waals surface area (Å²) in [7, 11) is 0. The SMILES string of the molecule is CCC(=O)CCCC(C)=O.CCCCCC1(CCC)OCCO1.Cc1cc(C)cc(F)c1. The van der Waals surface area contributed by atoms with E-state index in [1.807, 2.05) is 26.8 Å². The lowest BCUT2D eigenvalue weighted by Crippen LogP contribution is -2.29. The van der Waals surface area contributed by atoms with E-state index in [4.69, 9.17) is 9.47 Å². The van der Waals surface area contributed by atoms with Gasteiger partial charge in [0.15, 0.2) is 5.79 Å². The van der Waals surface area contributed by atoms with E-state index in [-0.39, 0.29) is 23.2 Å². The molecule has 0 spiro atoms.